The predicted octanol–water partition coefficient (Wildman–Crippen LogP) is 2.82. The molecule has 1 aromatic rings. The molecular weight excluding hydrogens is 222 g/mol. The minimum Gasteiger partial charge on any atom is -0.387 e. The van der Waals surface area contributed by atoms with E-state index in [4.69, 9.17) is 11.6 Å². The van der Waals surface area contributed by atoms with Crippen LogP contribution in [0.1, 0.15) is 37.0 Å². The highest BCUT2D eigenvalue weighted by Gasteiger charge is 2.26. The summed E-state index contributed by atoms with van der Waals surface area (Å²) in [6, 6.07) is 6.40. The number of benzene rings is 1. The smallest absolute Gasteiger partial charge is 0.0940 e. The quantitative estimate of drug-likeness (QED) is 0.847. The van der Waals surface area contributed by atoms with Gasteiger partial charge in [0.05, 0.1) is 6.10 Å². The van der Waals surface area contributed by atoms with Gasteiger partial charge in [0, 0.05) is 17.1 Å². The van der Waals surface area contributed by atoms with Crippen molar-refractivity contribution in [1.29, 1.82) is 0 Å². The molecule has 2 unspecified atom stereocenters. The number of nitrogens with one attached hydrogen (secondary N) is 1. The number of hydrogen-bond donors (Lipinski definition) is 2. The maximum Gasteiger partial charge on any atom is 0.0940 e. The fourth-order valence-electron chi connectivity index (χ4n) is 1.85. The van der Waals surface area contributed by atoms with Gasteiger partial charge in [0.25, 0.3) is 0 Å². The number of aliphatic hydroxyl groups excluding tert-OH is 1. The molecule has 2 nitrogen and oxygen atoms in total. The lowest BCUT2D eigenvalue weighted by Gasteiger charge is -2.21. The first-order valence-electron chi connectivity index (χ1n) is 5.78. The summed E-state index contributed by atoms with van der Waals surface area (Å²) in [6.07, 6.45) is 2.00. The minimum atomic E-state index is -0.462. The van der Waals surface area contributed by atoms with Gasteiger partial charge >= 0.3 is 0 Å². The Bertz CT molecular complexity index is 376. The largest absolute Gasteiger partial charge is 0.387 e. The molecule has 16 heavy (non-hydrogen) atoms. The molecule has 0 heterocycles. The molecule has 0 spiro atoms. The topological polar surface area (TPSA) is 32.3 Å². The molecule has 0 aromatic heterocycles. The van der Waals surface area contributed by atoms with E-state index in [-0.39, 0.29) is 6.04 Å². The zero-order valence-electron chi connectivity index (χ0n) is 9.70. The fourth-order valence-corrected chi connectivity index (χ4v) is 1.97. The Balaban J connectivity index is 2.06. The van der Waals surface area contributed by atoms with Crippen LogP contribution in [-0.4, -0.2) is 17.2 Å². The van der Waals surface area contributed by atoms with Gasteiger partial charge in [-0.3, -0.25) is 0 Å². The van der Waals surface area contributed by atoms with Gasteiger partial charge in [-0.1, -0.05) is 23.7 Å². The molecule has 1 aliphatic carbocycles. The van der Waals surface area contributed by atoms with Crippen molar-refractivity contribution in [3.05, 3.63) is 34.3 Å². The van der Waals surface area contributed by atoms with Crippen molar-refractivity contribution in [3.63, 3.8) is 0 Å². The second-order valence-electron chi connectivity index (χ2n) is 4.68. The van der Waals surface area contributed by atoms with E-state index in [2.05, 4.69) is 5.32 Å². The summed E-state index contributed by atoms with van der Waals surface area (Å²) in [6.45, 7) is 3.98. The van der Waals surface area contributed by atoms with Crippen LogP contribution in [0, 0.1) is 6.92 Å². The summed E-state index contributed by atoms with van der Waals surface area (Å²) >= 11 is 5.96. The molecule has 3 heteroatoms. The molecule has 0 amide bonds. The Kier molecular flexibility index (Phi) is 3.53. The molecule has 88 valence electrons. The number of aliphatic hydroxyl groups is 1. The normalized spacial score (nSPS) is 19.5. The van der Waals surface area contributed by atoms with E-state index >= 15 is 0 Å². The van der Waals surface area contributed by atoms with Crippen LogP contribution in [-0.2, 0) is 0 Å². The third-order valence-electron chi connectivity index (χ3n) is 3.07. The van der Waals surface area contributed by atoms with Crippen LogP contribution < -0.4 is 5.32 Å². The minimum absolute atomic E-state index is 0.0908. The number of aryl methyl sites for hydroxylation is 1. The lowest BCUT2D eigenvalue weighted by Crippen LogP contribution is -2.33. The third kappa shape index (κ3) is 2.76. The number of hydrogen-bond acceptors (Lipinski definition) is 2. The summed E-state index contributed by atoms with van der Waals surface area (Å²) in [7, 11) is 0. The van der Waals surface area contributed by atoms with Crippen molar-refractivity contribution in [2.45, 2.75) is 44.9 Å². The van der Waals surface area contributed by atoms with E-state index < -0.39 is 6.10 Å². The molecular formula is C13H18ClNO. The molecule has 0 radical (unpaired) electrons. The Hall–Kier alpha value is -0.570. The molecule has 0 aliphatic heterocycles. The summed E-state index contributed by atoms with van der Waals surface area (Å²) in [5.41, 5.74) is 1.94. The van der Waals surface area contributed by atoms with Gasteiger partial charge in [-0.2, -0.15) is 0 Å². The van der Waals surface area contributed by atoms with E-state index in [1.165, 1.54) is 12.8 Å². The third-order valence-corrected chi connectivity index (χ3v) is 3.50. The Labute approximate surface area is 102 Å². The van der Waals surface area contributed by atoms with E-state index in [9.17, 15) is 5.11 Å². The maximum absolute atomic E-state index is 10.2. The molecule has 0 saturated heterocycles. The second kappa shape index (κ2) is 4.74. The molecule has 1 aliphatic rings. The van der Waals surface area contributed by atoms with Crippen LogP contribution in [0.4, 0.5) is 0 Å². The van der Waals surface area contributed by atoms with Gasteiger partial charge in [-0.05, 0) is 43.9 Å². The Morgan fingerprint density at radius 1 is 1.44 bits per heavy atom. The van der Waals surface area contributed by atoms with Crippen LogP contribution >= 0.6 is 11.6 Å². The van der Waals surface area contributed by atoms with E-state index in [1.54, 1.807) is 0 Å². The first-order chi connectivity index (χ1) is 7.58. The van der Waals surface area contributed by atoms with Gasteiger partial charge in [0.15, 0.2) is 0 Å². The van der Waals surface area contributed by atoms with Crippen molar-refractivity contribution in [3.8, 4) is 0 Å². The van der Waals surface area contributed by atoms with Gasteiger partial charge in [0.2, 0.25) is 0 Å². The number of rotatable bonds is 4. The fraction of sp³-hybridized carbons (Fsp3) is 0.538. The van der Waals surface area contributed by atoms with Gasteiger partial charge in [-0.15, -0.1) is 0 Å². The van der Waals surface area contributed by atoms with E-state index in [0.29, 0.717) is 6.04 Å². The average Bonchev–Trinajstić information content (AvgIpc) is 3.05. The summed E-state index contributed by atoms with van der Waals surface area (Å²) < 4.78 is 0. The van der Waals surface area contributed by atoms with Crippen molar-refractivity contribution in [2.24, 2.45) is 0 Å². The maximum atomic E-state index is 10.2. The van der Waals surface area contributed by atoms with Crippen LogP contribution in [0.15, 0.2) is 18.2 Å². The summed E-state index contributed by atoms with van der Waals surface area (Å²) in [4.78, 5) is 0. The zero-order valence-corrected chi connectivity index (χ0v) is 10.5. The molecule has 2 atom stereocenters. The lowest BCUT2D eigenvalue weighted by atomic mass is 10.0. The van der Waals surface area contributed by atoms with Crippen LogP contribution in [0.3, 0.4) is 0 Å². The highest BCUT2D eigenvalue weighted by atomic mass is 35.5. The first-order valence-corrected chi connectivity index (χ1v) is 6.16. The first kappa shape index (κ1) is 11.9. The van der Waals surface area contributed by atoms with E-state index in [0.717, 1.165) is 16.1 Å². The highest BCUT2D eigenvalue weighted by molar-refractivity contribution is 6.31. The van der Waals surface area contributed by atoms with Crippen molar-refractivity contribution in [2.75, 3.05) is 0 Å². The standard InChI is InChI=1S/C13H18ClNO/c1-8-7-10(3-6-12(8)14)13(16)9(2)15-11-4-5-11/h3,6-7,9,11,13,15-16H,4-5H2,1-2H3. The molecule has 1 saturated carbocycles. The van der Waals surface area contributed by atoms with Crippen LogP contribution in [0.2, 0.25) is 5.02 Å². The summed E-state index contributed by atoms with van der Waals surface area (Å²) in [5, 5.41) is 14.3. The highest BCUT2D eigenvalue weighted by Crippen LogP contribution is 2.25. The number of halogens is 1. The zero-order chi connectivity index (χ0) is 11.7. The average molecular weight is 240 g/mol. The van der Waals surface area contributed by atoms with Gasteiger partial charge < -0.3 is 10.4 Å². The van der Waals surface area contributed by atoms with Crippen LogP contribution in [0.5, 0.6) is 0 Å². The summed E-state index contributed by atoms with van der Waals surface area (Å²) in [5.74, 6) is 0. The Morgan fingerprint density at radius 2 is 2.12 bits per heavy atom. The Morgan fingerprint density at radius 3 is 2.69 bits per heavy atom. The van der Waals surface area contributed by atoms with Gasteiger partial charge in [0.1, 0.15) is 0 Å². The lowest BCUT2D eigenvalue weighted by molar-refractivity contribution is 0.135. The van der Waals surface area contributed by atoms with Crippen molar-refractivity contribution >= 4 is 11.6 Å². The monoisotopic (exact) mass is 239 g/mol. The molecule has 2 N–H and O–H groups in total. The van der Waals surface area contributed by atoms with E-state index in [1.807, 2.05) is 32.0 Å². The molecule has 1 fully saturated rings. The second-order valence-corrected chi connectivity index (χ2v) is 5.09. The predicted molar refractivity (Wildman–Crippen MR) is 66.8 cm³/mol. The SMILES string of the molecule is Cc1cc(C(O)C(C)NC2CC2)ccc1Cl. The van der Waals surface area contributed by atoms with Gasteiger partial charge in [-0.25, -0.2) is 0 Å². The molecule has 0 bridgehead atoms. The van der Waals surface area contributed by atoms with Crippen molar-refractivity contribution < 1.29 is 5.11 Å². The van der Waals surface area contributed by atoms with Crippen molar-refractivity contribution in [1.82, 2.24) is 5.32 Å². The van der Waals surface area contributed by atoms with Crippen LogP contribution in [0.25, 0.3) is 0 Å². The molecule has 1 aromatic carbocycles. The molecule has 2 rings (SSSR count).